The van der Waals surface area contributed by atoms with Gasteiger partial charge >= 0.3 is 0 Å². The first-order valence-corrected chi connectivity index (χ1v) is 2.41. The Morgan fingerprint density at radius 1 is 1.38 bits per heavy atom. The molecule has 0 aliphatic heterocycles. The lowest BCUT2D eigenvalue weighted by Gasteiger charge is -2.03. The van der Waals surface area contributed by atoms with E-state index in [9.17, 15) is 0 Å². The summed E-state index contributed by atoms with van der Waals surface area (Å²) in [4.78, 5) is 0. The lowest BCUT2D eigenvalue weighted by molar-refractivity contribution is -1.92. The van der Waals surface area contributed by atoms with Crippen molar-refractivity contribution in [1.29, 1.82) is 0 Å². The molecule has 0 saturated carbocycles. The summed E-state index contributed by atoms with van der Waals surface area (Å²) in [6.45, 7) is 2.67. The molecule has 0 aromatic heterocycles. The molecule has 0 unspecified atom stereocenters. The highest BCUT2D eigenvalue weighted by atomic mass is 35.7. The van der Waals surface area contributed by atoms with Gasteiger partial charge in [-0.1, -0.05) is 0 Å². The Labute approximate surface area is 47.0 Å². The normalized spacial score (nSPS) is 9.00. The van der Waals surface area contributed by atoms with Gasteiger partial charge in [-0.15, -0.1) is 5.16 Å². The van der Waals surface area contributed by atoms with E-state index in [4.69, 9.17) is 23.8 Å². The standard InChI is InChI=1S/CH3NO.ClHO4/c1-2-3;2-1(3,4)5/h3H,1H2;(H,2,3,4,5). The maximum atomic E-state index is 8.60. The van der Waals surface area contributed by atoms with Crippen molar-refractivity contribution in [2.75, 3.05) is 0 Å². The van der Waals surface area contributed by atoms with Crippen LogP contribution in [0.2, 0.25) is 0 Å². The summed E-state index contributed by atoms with van der Waals surface area (Å²) in [6.07, 6.45) is 0. The van der Waals surface area contributed by atoms with Gasteiger partial charge in [0.25, 0.3) is 0 Å². The molecule has 0 spiro atoms. The summed E-state index contributed by atoms with van der Waals surface area (Å²) in [5, 5.41) is 9.33. The first-order valence-electron chi connectivity index (χ1n) is 1.15. The molecule has 0 atom stereocenters. The number of oxime groups is 1. The van der Waals surface area contributed by atoms with E-state index in [1.54, 1.807) is 0 Å². The molecule has 8 heavy (non-hydrogen) atoms. The third-order valence-corrected chi connectivity index (χ3v) is 0. The third-order valence-electron chi connectivity index (χ3n) is 0. The highest BCUT2D eigenvalue weighted by molar-refractivity contribution is 5.20. The molecule has 50 valence electrons. The Balaban J connectivity index is 0. The molecule has 6 nitrogen and oxygen atoms in total. The van der Waals surface area contributed by atoms with Crippen LogP contribution in [0.4, 0.5) is 0 Å². The minimum Gasteiger partial charge on any atom is -0.411 e. The number of rotatable bonds is 0. The Morgan fingerprint density at radius 2 is 1.38 bits per heavy atom. The van der Waals surface area contributed by atoms with Gasteiger partial charge in [0.05, 0.1) is 14.9 Å². The number of halogens is 1. The molecule has 0 amide bonds. The average Bonchev–Trinajstić information content (AvgIpc) is 1.27. The van der Waals surface area contributed by atoms with E-state index in [1.807, 2.05) is 0 Å². The highest BCUT2D eigenvalue weighted by Crippen LogP contribution is 1.60. The molecule has 2 N–H and O–H groups in total. The average molecular weight is 145 g/mol. The molecular weight excluding hydrogens is 141 g/mol. The number of nitrogens with zero attached hydrogens (tertiary/aromatic N) is 1. The van der Waals surface area contributed by atoms with E-state index in [2.05, 4.69) is 11.9 Å². The Hall–Kier alpha value is -0.400. The molecule has 0 saturated heterocycles. The summed E-state index contributed by atoms with van der Waals surface area (Å²) in [5.74, 6) is 0. The van der Waals surface area contributed by atoms with Crippen molar-refractivity contribution in [1.82, 2.24) is 0 Å². The zero-order valence-electron chi connectivity index (χ0n) is 3.65. The van der Waals surface area contributed by atoms with Gasteiger partial charge in [0.15, 0.2) is 0 Å². The first kappa shape index (κ1) is 10.6. The fraction of sp³-hybridized carbons (Fsp3) is 0. The predicted molar refractivity (Wildman–Crippen MR) is 13.6 cm³/mol. The van der Waals surface area contributed by atoms with Crippen LogP contribution >= 0.6 is 0 Å². The zero-order valence-corrected chi connectivity index (χ0v) is 4.41. The molecule has 0 aromatic rings. The lowest BCUT2D eigenvalue weighted by atomic mass is 11.8. The fourth-order valence-electron chi connectivity index (χ4n) is 0. The molecule has 0 bridgehead atoms. The second-order valence-corrected chi connectivity index (χ2v) is 1.33. The number of hydrogen-bond donors (Lipinski definition) is 2. The van der Waals surface area contributed by atoms with Crippen LogP contribution in [-0.2, 0) is 0 Å². The van der Waals surface area contributed by atoms with Gasteiger partial charge in [0.1, 0.15) is 0 Å². The summed E-state index contributed by atoms with van der Waals surface area (Å²) in [5.41, 5.74) is 0. The third kappa shape index (κ3) is 741. The van der Waals surface area contributed by atoms with Crippen LogP contribution in [0, 0.1) is 10.2 Å². The van der Waals surface area contributed by atoms with Crippen LogP contribution in [0.1, 0.15) is 0 Å². The molecule has 0 heterocycles. The molecule has 0 aromatic carbocycles. The number of hydrogen-bond acceptors (Lipinski definition) is 6. The van der Waals surface area contributed by atoms with E-state index in [-0.39, 0.29) is 0 Å². The van der Waals surface area contributed by atoms with Crippen molar-refractivity contribution in [2.45, 2.75) is 0 Å². The van der Waals surface area contributed by atoms with Crippen LogP contribution in [0.25, 0.3) is 0 Å². The Bertz CT molecular complexity index is 51.9. The molecular formula is CH4ClNO5. The molecule has 0 aliphatic carbocycles. The predicted octanol–water partition coefficient (Wildman–Crippen LogP) is -4.05. The second-order valence-electron chi connectivity index (χ2n) is 0.537. The first-order chi connectivity index (χ1) is 3.41. The molecule has 0 rings (SSSR count). The second kappa shape index (κ2) is 4.75. The van der Waals surface area contributed by atoms with Crippen molar-refractivity contribution >= 4 is 6.72 Å². The molecule has 0 radical (unpaired) electrons. The monoisotopic (exact) mass is 145 g/mol. The van der Waals surface area contributed by atoms with Crippen LogP contribution in [0.3, 0.4) is 0 Å². The van der Waals surface area contributed by atoms with Gasteiger partial charge < -0.3 is 5.21 Å². The molecule has 0 aliphatic rings. The molecule has 7 heteroatoms. The summed E-state index contributed by atoms with van der Waals surface area (Å²) in [7, 11) is -4.69. The minimum atomic E-state index is -4.69. The Morgan fingerprint density at radius 3 is 1.38 bits per heavy atom. The van der Waals surface area contributed by atoms with Crippen LogP contribution in [0.15, 0.2) is 5.16 Å². The van der Waals surface area contributed by atoms with Crippen molar-refractivity contribution in [3.05, 3.63) is 0 Å². The highest BCUT2D eigenvalue weighted by Gasteiger charge is 1.98. The van der Waals surface area contributed by atoms with Crippen LogP contribution in [-0.4, -0.2) is 16.6 Å². The van der Waals surface area contributed by atoms with Gasteiger partial charge in [0.2, 0.25) is 0 Å². The largest absolute Gasteiger partial charge is 0.411 e. The van der Waals surface area contributed by atoms with Crippen molar-refractivity contribution < 1.29 is 34.1 Å². The van der Waals surface area contributed by atoms with E-state index in [0.29, 0.717) is 0 Å². The van der Waals surface area contributed by atoms with Crippen molar-refractivity contribution in [2.24, 2.45) is 5.16 Å². The van der Waals surface area contributed by atoms with Gasteiger partial charge in [-0.05, 0) is 0 Å². The maximum Gasteiger partial charge on any atom is 0.0777 e. The minimum absolute atomic E-state index is 2.25. The maximum absolute atomic E-state index is 8.60. The van der Waals surface area contributed by atoms with Crippen LogP contribution < -0.4 is 14.0 Å². The van der Waals surface area contributed by atoms with E-state index < -0.39 is 10.2 Å². The van der Waals surface area contributed by atoms with Crippen LogP contribution in [0.5, 0.6) is 0 Å². The summed E-state index contributed by atoms with van der Waals surface area (Å²) >= 11 is 0. The smallest absolute Gasteiger partial charge is 0.0777 e. The van der Waals surface area contributed by atoms with E-state index in [1.165, 1.54) is 0 Å². The van der Waals surface area contributed by atoms with Gasteiger partial charge in [-0.2, -0.15) is 14.0 Å². The summed E-state index contributed by atoms with van der Waals surface area (Å²) < 4.78 is 32.7. The van der Waals surface area contributed by atoms with Crippen molar-refractivity contribution in [3.63, 3.8) is 0 Å². The molecule has 0 fully saturated rings. The Kier molecular flexibility index (Phi) is 6.27. The fourth-order valence-corrected chi connectivity index (χ4v) is 0. The van der Waals surface area contributed by atoms with E-state index >= 15 is 0 Å². The SMILES string of the molecule is C=NO.[O-][Cl+3]([O-])([O-])O. The van der Waals surface area contributed by atoms with Gasteiger partial charge in [-0.25, -0.2) is 0 Å². The lowest BCUT2D eigenvalue weighted by Crippen LogP contribution is -2.58. The topological polar surface area (TPSA) is 122 Å². The van der Waals surface area contributed by atoms with Crippen molar-refractivity contribution in [3.8, 4) is 0 Å². The zero-order chi connectivity index (χ0) is 7.21. The van der Waals surface area contributed by atoms with Gasteiger partial charge in [-0.3, -0.25) is 0 Å². The van der Waals surface area contributed by atoms with E-state index in [0.717, 1.165) is 0 Å². The van der Waals surface area contributed by atoms with Gasteiger partial charge in [0, 0.05) is 6.72 Å². The summed E-state index contributed by atoms with van der Waals surface area (Å²) in [6, 6.07) is 0. The quantitative estimate of drug-likeness (QED) is 0.204.